The van der Waals surface area contributed by atoms with E-state index in [-0.39, 0.29) is 0 Å². The molecule has 5 nitrogen and oxygen atoms in total. The van der Waals surface area contributed by atoms with Gasteiger partial charge in [-0.1, -0.05) is 13.3 Å². The lowest BCUT2D eigenvalue weighted by atomic mass is 9.89. The third kappa shape index (κ3) is 2.18. The smallest absolute Gasteiger partial charge is 0.142 e. The van der Waals surface area contributed by atoms with E-state index in [0.29, 0.717) is 6.04 Å². The molecule has 3 rings (SSSR count). The van der Waals surface area contributed by atoms with Crippen molar-refractivity contribution in [2.75, 3.05) is 25.0 Å². The molecular formula is C14H21N5. The van der Waals surface area contributed by atoms with Crippen molar-refractivity contribution >= 4 is 16.9 Å². The van der Waals surface area contributed by atoms with E-state index in [2.05, 4.69) is 45.2 Å². The number of aromatic amines is 1. The molecule has 0 aromatic carbocycles. The van der Waals surface area contributed by atoms with Gasteiger partial charge in [0.1, 0.15) is 17.8 Å². The van der Waals surface area contributed by atoms with E-state index in [1.54, 1.807) is 6.33 Å². The van der Waals surface area contributed by atoms with Crippen molar-refractivity contribution in [1.82, 2.24) is 20.3 Å². The number of anilines is 1. The number of nitrogens with zero attached hydrogens (tertiary/aromatic N) is 3. The Balaban J connectivity index is 1.94. The molecule has 5 heteroatoms. The number of fused-ring (bicyclic) bond motifs is 1. The lowest BCUT2D eigenvalue weighted by Gasteiger charge is -2.38. The van der Waals surface area contributed by atoms with E-state index in [1.807, 2.05) is 6.20 Å². The van der Waals surface area contributed by atoms with E-state index in [9.17, 15) is 0 Å². The van der Waals surface area contributed by atoms with Gasteiger partial charge in [0.2, 0.25) is 0 Å². The van der Waals surface area contributed by atoms with Crippen molar-refractivity contribution in [3.05, 3.63) is 18.6 Å². The first-order valence-electron chi connectivity index (χ1n) is 7.03. The Morgan fingerprint density at radius 2 is 2.32 bits per heavy atom. The van der Waals surface area contributed by atoms with Crippen LogP contribution >= 0.6 is 0 Å². The highest BCUT2D eigenvalue weighted by molar-refractivity contribution is 5.87. The standard InChI is InChI=1S/C14H21N5/c1-3-10-4-6-15-8-12(10)19(2)14-11-5-7-16-13(11)17-9-18-14/h5,7,9-10,12,15H,3-4,6,8H2,1-2H3,(H,16,17,18). The fourth-order valence-corrected chi connectivity index (χ4v) is 3.12. The zero-order valence-corrected chi connectivity index (χ0v) is 11.6. The van der Waals surface area contributed by atoms with Crippen molar-refractivity contribution in [2.24, 2.45) is 5.92 Å². The minimum atomic E-state index is 0.506. The summed E-state index contributed by atoms with van der Waals surface area (Å²) in [5, 5.41) is 4.60. The van der Waals surface area contributed by atoms with Gasteiger partial charge in [0.05, 0.1) is 5.39 Å². The molecule has 102 valence electrons. The van der Waals surface area contributed by atoms with Crippen LogP contribution in [0.3, 0.4) is 0 Å². The highest BCUT2D eigenvalue weighted by Gasteiger charge is 2.28. The maximum absolute atomic E-state index is 4.49. The molecule has 2 N–H and O–H groups in total. The van der Waals surface area contributed by atoms with Crippen molar-refractivity contribution in [2.45, 2.75) is 25.8 Å². The van der Waals surface area contributed by atoms with Gasteiger partial charge in [-0.2, -0.15) is 0 Å². The van der Waals surface area contributed by atoms with Crippen LogP contribution in [-0.2, 0) is 0 Å². The number of nitrogens with one attached hydrogen (secondary N) is 2. The second-order valence-corrected chi connectivity index (χ2v) is 5.28. The molecule has 19 heavy (non-hydrogen) atoms. The van der Waals surface area contributed by atoms with Gasteiger partial charge in [-0.05, 0) is 24.9 Å². The van der Waals surface area contributed by atoms with Crippen LogP contribution in [0, 0.1) is 5.92 Å². The number of H-pyrrole nitrogens is 1. The normalized spacial score (nSPS) is 23.7. The molecule has 1 aliphatic rings. The van der Waals surface area contributed by atoms with Crippen molar-refractivity contribution in [1.29, 1.82) is 0 Å². The van der Waals surface area contributed by atoms with Crippen LogP contribution in [0.15, 0.2) is 18.6 Å². The molecule has 2 aromatic heterocycles. The van der Waals surface area contributed by atoms with Crippen LogP contribution in [0.1, 0.15) is 19.8 Å². The van der Waals surface area contributed by atoms with Gasteiger partial charge in [0.15, 0.2) is 0 Å². The zero-order chi connectivity index (χ0) is 13.2. The number of aromatic nitrogens is 3. The van der Waals surface area contributed by atoms with Crippen LogP contribution in [-0.4, -0.2) is 41.1 Å². The summed E-state index contributed by atoms with van der Waals surface area (Å²) in [5.74, 6) is 1.76. The maximum atomic E-state index is 4.49. The lowest BCUT2D eigenvalue weighted by Crippen LogP contribution is -2.50. The summed E-state index contributed by atoms with van der Waals surface area (Å²) in [7, 11) is 2.15. The SMILES string of the molecule is CCC1CCNCC1N(C)c1ncnc2[nH]ccc12. The molecule has 0 amide bonds. The fraction of sp³-hybridized carbons (Fsp3) is 0.571. The molecule has 0 bridgehead atoms. The van der Waals surface area contributed by atoms with Crippen LogP contribution in [0.2, 0.25) is 0 Å². The number of rotatable bonds is 3. The number of piperidine rings is 1. The Morgan fingerprint density at radius 3 is 3.16 bits per heavy atom. The molecule has 2 atom stereocenters. The van der Waals surface area contributed by atoms with Crippen molar-refractivity contribution < 1.29 is 0 Å². The summed E-state index contributed by atoms with van der Waals surface area (Å²) < 4.78 is 0. The van der Waals surface area contributed by atoms with E-state index in [1.165, 1.54) is 12.8 Å². The van der Waals surface area contributed by atoms with Crippen LogP contribution in [0.5, 0.6) is 0 Å². The van der Waals surface area contributed by atoms with E-state index >= 15 is 0 Å². The molecule has 1 fully saturated rings. The number of likely N-dealkylation sites (N-methyl/N-ethyl adjacent to an activating group) is 1. The molecular weight excluding hydrogens is 238 g/mol. The largest absolute Gasteiger partial charge is 0.354 e. The summed E-state index contributed by atoms with van der Waals surface area (Å²) in [5.41, 5.74) is 0.911. The molecule has 0 radical (unpaired) electrons. The van der Waals surface area contributed by atoms with E-state index < -0.39 is 0 Å². The Hall–Kier alpha value is -1.62. The van der Waals surface area contributed by atoms with Gasteiger partial charge in [0, 0.05) is 25.8 Å². The first-order valence-corrected chi connectivity index (χ1v) is 7.03. The van der Waals surface area contributed by atoms with Gasteiger partial charge in [0.25, 0.3) is 0 Å². The summed E-state index contributed by atoms with van der Waals surface area (Å²) in [6, 6.07) is 2.56. The summed E-state index contributed by atoms with van der Waals surface area (Å²) in [6.07, 6.45) is 6.03. The average molecular weight is 259 g/mol. The van der Waals surface area contributed by atoms with Gasteiger partial charge in [-0.15, -0.1) is 0 Å². The molecule has 2 aromatic rings. The minimum Gasteiger partial charge on any atom is -0.354 e. The predicted molar refractivity (Wildman–Crippen MR) is 77.3 cm³/mol. The van der Waals surface area contributed by atoms with E-state index in [4.69, 9.17) is 0 Å². The number of hydrogen-bond donors (Lipinski definition) is 2. The summed E-state index contributed by atoms with van der Waals surface area (Å²) in [6.45, 7) is 4.44. The van der Waals surface area contributed by atoms with Crippen molar-refractivity contribution in [3.63, 3.8) is 0 Å². The van der Waals surface area contributed by atoms with Crippen LogP contribution in [0.4, 0.5) is 5.82 Å². The Kier molecular flexibility index (Phi) is 3.38. The molecule has 2 unspecified atom stereocenters. The Morgan fingerprint density at radius 1 is 1.42 bits per heavy atom. The van der Waals surface area contributed by atoms with Crippen LogP contribution < -0.4 is 10.2 Å². The second-order valence-electron chi connectivity index (χ2n) is 5.28. The molecule has 1 aliphatic heterocycles. The highest BCUT2D eigenvalue weighted by Crippen LogP contribution is 2.27. The van der Waals surface area contributed by atoms with E-state index in [0.717, 1.165) is 35.9 Å². The summed E-state index contributed by atoms with van der Waals surface area (Å²) in [4.78, 5) is 14.2. The molecule has 1 saturated heterocycles. The first-order chi connectivity index (χ1) is 9.31. The minimum absolute atomic E-state index is 0.506. The maximum Gasteiger partial charge on any atom is 0.142 e. The fourth-order valence-electron chi connectivity index (χ4n) is 3.12. The molecule has 0 saturated carbocycles. The zero-order valence-electron chi connectivity index (χ0n) is 11.6. The third-order valence-electron chi connectivity index (χ3n) is 4.28. The van der Waals surface area contributed by atoms with Crippen molar-refractivity contribution in [3.8, 4) is 0 Å². The lowest BCUT2D eigenvalue weighted by molar-refractivity contribution is 0.307. The monoisotopic (exact) mass is 259 g/mol. The quantitative estimate of drug-likeness (QED) is 0.882. The van der Waals surface area contributed by atoms with Gasteiger partial charge < -0.3 is 15.2 Å². The van der Waals surface area contributed by atoms with Gasteiger partial charge in [-0.3, -0.25) is 0 Å². The molecule has 0 spiro atoms. The van der Waals surface area contributed by atoms with Gasteiger partial charge in [-0.25, -0.2) is 9.97 Å². The molecule has 3 heterocycles. The highest BCUT2D eigenvalue weighted by atomic mass is 15.2. The Bertz CT molecular complexity index is 550. The number of hydrogen-bond acceptors (Lipinski definition) is 4. The predicted octanol–water partition coefficient (Wildman–Crippen LogP) is 1.78. The third-order valence-corrected chi connectivity index (χ3v) is 4.28. The molecule has 0 aliphatic carbocycles. The first kappa shape index (κ1) is 12.4. The Labute approximate surface area is 113 Å². The van der Waals surface area contributed by atoms with Gasteiger partial charge >= 0.3 is 0 Å². The summed E-state index contributed by atoms with van der Waals surface area (Å²) >= 11 is 0. The topological polar surface area (TPSA) is 56.8 Å². The second kappa shape index (κ2) is 5.17. The average Bonchev–Trinajstić information content (AvgIpc) is 2.94. The van der Waals surface area contributed by atoms with Crippen LogP contribution in [0.25, 0.3) is 11.0 Å².